The van der Waals surface area contributed by atoms with Crippen molar-refractivity contribution >= 4 is 35.1 Å². The lowest BCUT2D eigenvalue weighted by Crippen LogP contribution is -2.35. The molecule has 2 amide bonds. The fraction of sp³-hybridized carbons (Fsp3) is 0.381. The zero-order valence-electron chi connectivity index (χ0n) is 16.2. The minimum absolute atomic E-state index is 0.0945. The van der Waals surface area contributed by atoms with Crippen molar-refractivity contribution in [1.82, 2.24) is 9.97 Å². The first kappa shape index (κ1) is 20.7. The summed E-state index contributed by atoms with van der Waals surface area (Å²) in [6.07, 6.45) is 8.70. The number of anilines is 2. The maximum absolute atomic E-state index is 12.9. The first-order valence-corrected chi connectivity index (χ1v) is 9.78. The van der Waals surface area contributed by atoms with E-state index >= 15 is 0 Å². The Bertz CT molecular complexity index is 941. The quantitative estimate of drug-likeness (QED) is 0.689. The van der Waals surface area contributed by atoms with Crippen molar-refractivity contribution < 1.29 is 9.59 Å². The molecular formula is C21H22ClN5O2. The number of aromatic nitrogens is 2. The number of nitrogens with zero attached hydrogens (tertiary/aromatic N) is 4. The minimum Gasteiger partial charge on any atom is -0.310 e. The van der Waals surface area contributed by atoms with E-state index in [0.29, 0.717) is 35.2 Å². The van der Waals surface area contributed by atoms with Gasteiger partial charge in [-0.05, 0) is 43.8 Å². The smallest absolute Gasteiger partial charge is 0.248 e. The van der Waals surface area contributed by atoms with Crippen LogP contribution in [0.5, 0.6) is 0 Å². The summed E-state index contributed by atoms with van der Waals surface area (Å²) in [6.45, 7) is 5.79. The van der Waals surface area contributed by atoms with Gasteiger partial charge in [0.2, 0.25) is 11.8 Å². The Balaban J connectivity index is 1.72. The molecule has 29 heavy (non-hydrogen) atoms. The van der Waals surface area contributed by atoms with E-state index < -0.39 is 5.41 Å². The predicted octanol–water partition coefficient (Wildman–Crippen LogP) is 3.72. The van der Waals surface area contributed by atoms with Crippen LogP contribution in [-0.2, 0) is 9.59 Å². The molecule has 2 heterocycles. The van der Waals surface area contributed by atoms with Crippen molar-refractivity contribution in [2.75, 3.05) is 16.8 Å². The van der Waals surface area contributed by atoms with Crippen molar-refractivity contribution in [3.05, 3.63) is 47.8 Å². The van der Waals surface area contributed by atoms with Crippen LogP contribution >= 0.6 is 11.6 Å². The van der Waals surface area contributed by atoms with E-state index in [4.69, 9.17) is 11.6 Å². The minimum atomic E-state index is -0.940. The molecular weight excluding hydrogens is 390 g/mol. The highest BCUT2D eigenvalue weighted by molar-refractivity contribution is 6.29. The van der Waals surface area contributed by atoms with E-state index in [9.17, 15) is 14.9 Å². The molecule has 2 aliphatic rings. The van der Waals surface area contributed by atoms with Gasteiger partial charge in [-0.1, -0.05) is 30.3 Å². The summed E-state index contributed by atoms with van der Waals surface area (Å²) in [4.78, 5) is 35.0. The van der Waals surface area contributed by atoms with Crippen LogP contribution in [0.15, 0.2) is 47.8 Å². The van der Waals surface area contributed by atoms with Crippen LogP contribution in [0.1, 0.15) is 32.6 Å². The Morgan fingerprint density at radius 3 is 2.90 bits per heavy atom. The maximum atomic E-state index is 12.9. The maximum Gasteiger partial charge on any atom is 0.248 e. The number of carbonyl (C=O) groups is 2. The fourth-order valence-electron chi connectivity index (χ4n) is 3.61. The molecule has 1 saturated heterocycles. The molecule has 1 aliphatic carbocycles. The molecule has 1 N–H and O–H groups in total. The number of carbonyl (C=O) groups excluding carboxylic acids is 2. The van der Waals surface area contributed by atoms with E-state index in [-0.39, 0.29) is 24.2 Å². The van der Waals surface area contributed by atoms with Gasteiger partial charge in [-0.3, -0.25) is 14.5 Å². The number of halogens is 1. The summed E-state index contributed by atoms with van der Waals surface area (Å²) < 4.78 is 0. The van der Waals surface area contributed by atoms with E-state index in [2.05, 4.69) is 27.9 Å². The number of hydrogen-bond donors (Lipinski definition) is 1. The molecule has 1 saturated carbocycles. The zero-order chi connectivity index (χ0) is 21.0. The van der Waals surface area contributed by atoms with Crippen LogP contribution in [0.25, 0.3) is 0 Å². The highest BCUT2D eigenvalue weighted by atomic mass is 35.5. The van der Waals surface area contributed by atoms with Gasteiger partial charge >= 0.3 is 0 Å². The number of hydrogen-bond acceptors (Lipinski definition) is 5. The lowest BCUT2D eigenvalue weighted by molar-refractivity contribution is -0.123. The van der Waals surface area contributed by atoms with Gasteiger partial charge in [-0.2, -0.15) is 5.26 Å². The van der Waals surface area contributed by atoms with E-state index in [1.165, 1.54) is 11.2 Å². The molecule has 1 aromatic rings. The van der Waals surface area contributed by atoms with Gasteiger partial charge in [0.15, 0.2) is 0 Å². The van der Waals surface area contributed by atoms with Crippen molar-refractivity contribution in [1.29, 1.82) is 5.26 Å². The molecule has 1 aliphatic heterocycles. The topological polar surface area (TPSA) is 99.0 Å². The third-order valence-electron chi connectivity index (χ3n) is 5.11. The normalized spacial score (nSPS) is 22.4. The van der Waals surface area contributed by atoms with Crippen molar-refractivity contribution in [3.8, 4) is 6.07 Å². The van der Waals surface area contributed by atoms with Crippen LogP contribution in [0.2, 0.25) is 0 Å². The predicted molar refractivity (Wildman–Crippen MR) is 111 cm³/mol. The van der Waals surface area contributed by atoms with Gasteiger partial charge in [0.25, 0.3) is 0 Å². The second kappa shape index (κ2) is 8.58. The molecule has 1 atom stereocenters. The monoisotopic (exact) mass is 411 g/mol. The lowest BCUT2D eigenvalue weighted by atomic mass is 9.83. The van der Waals surface area contributed by atoms with Crippen molar-refractivity contribution in [3.63, 3.8) is 0 Å². The van der Waals surface area contributed by atoms with Crippen molar-refractivity contribution in [2.45, 2.75) is 32.6 Å². The third-order valence-corrected chi connectivity index (χ3v) is 5.22. The third kappa shape index (κ3) is 4.54. The van der Waals surface area contributed by atoms with Gasteiger partial charge in [0.05, 0.1) is 12.5 Å². The molecule has 0 unspecified atom stereocenters. The van der Waals surface area contributed by atoms with Gasteiger partial charge in [-0.25, -0.2) is 9.97 Å². The van der Waals surface area contributed by atoms with E-state index in [0.717, 1.165) is 12.8 Å². The fourth-order valence-corrected chi connectivity index (χ4v) is 3.75. The van der Waals surface area contributed by atoms with E-state index in [1.807, 2.05) is 0 Å². The summed E-state index contributed by atoms with van der Waals surface area (Å²) in [7, 11) is 0. The van der Waals surface area contributed by atoms with Gasteiger partial charge in [0.1, 0.15) is 23.4 Å². The van der Waals surface area contributed by atoms with Crippen LogP contribution < -0.4 is 10.2 Å². The highest BCUT2D eigenvalue weighted by Gasteiger charge is 2.57. The number of rotatable bonds is 7. The molecule has 7 nitrogen and oxygen atoms in total. The Morgan fingerprint density at radius 2 is 2.28 bits per heavy atom. The average Bonchev–Trinajstić information content (AvgIpc) is 3.46. The summed E-state index contributed by atoms with van der Waals surface area (Å²) in [5.41, 5.74) is -0.234. The largest absolute Gasteiger partial charge is 0.310 e. The number of allylic oxidation sites excluding steroid dienone is 4. The Morgan fingerprint density at radius 1 is 1.52 bits per heavy atom. The van der Waals surface area contributed by atoms with Crippen LogP contribution in [0, 0.1) is 22.7 Å². The first-order chi connectivity index (χ1) is 13.9. The molecule has 0 radical (unpaired) electrons. The van der Waals surface area contributed by atoms with Gasteiger partial charge < -0.3 is 5.32 Å². The van der Waals surface area contributed by atoms with Crippen LogP contribution in [0.4, 0.5) is 11.6 Å². The van der Waals surface area contributed by atoms with Crippen molar-refractivity contribution in [2.24, 2.45) is 11.3 Å². The molecule has 1 aromatic heterocycles. The Hall–Kier alpha value is -2.98. The van der Waals surface area contributed by atoms with Crippen LogP contribution in [-0.4, -0.2) is 28.3 Å². The molecule has 3 rings (SSSR count). The number of nitriles is 1. The molecule has 2 fully saturated rings. The SMILES string of the molecule is C=C/C=C(\C=C(/C)Cl)CC(=O)Nc1cc(N2CC[C@@](C#N)(C3CC3)C2=O)ncn1. The lowest BCUT2D eigenvalue weighted by Gasteiger charge is -2.20. The molecule has 0 bridgehead atoms. The summed E-state index contributed by atoms with van der Waals surface area (Å²) in [5.74, 6) is 0.320. The zero-order valence-corrected chi connectivity index (χ0v) is 16.9. The van der Waals surface area contributed by atoms with Crippen LogP contribution in [0.3, 0.4) is 0 Å². The Labute approximate surface area is 174 Å². The van der Waals surface area contributed by atoms with E-state index in [1.54, 1.807) is 31.2 Å². The molecule has 0 spiro atoms. The molecule has 0 aromatic carbocycles. The molecule has 150 valence electrons. The summed E-state index contributed by atoms with van der Waals surface area (Å²) in [6, 6.07) is 3.80. The summed E-state index contributed by atoms with van der Waals surface area (Å²) in [5, 5.41) is 12.9. The summed E-state index contributed by atoms with van der Waals surface area (Å²) >= 11 is 5.89. The second-order valence-corrected chi connectivity index (χ2v) is 7.86. The standard InChI is InChI=1S/C21H22ClN5O2/c1-3-4-15(9-14(2)22)10-19(28)26-17-11-18(25-13-24-17)27-8-7-21(12-23,20(27)29)16-5-6-16/h3-4,9,11,13,16H,1,5-8,10H2,2H3,(H,24,25,26,28)/b14-9+,15-4+/t21-/m1/s1. The Kier molecular flexibility index (Phi) is 6.14. The van der Waals surface area contributed by atoms with Gasteiger partial charge in [0, 0.05) is 17.6 Å². The first-order valence-electron chi connectivity index (χ1n) is 9.40. The molecule has 8 heteroatoms. The highest BCUT2D eigenvalue weighted by Crippen LogP contribution is 2.51. The second-order valence-electron chi connectivity index (χ2n) is 7.26. The number of amides is 2. The average molecular weight is 412 g/mol. The van der Waals surface area contributed by atoms with Gasteiger partial charge in [-0.15, -0.1) is 0 Å². The number of nitrogens with one attached hydrogen (secondary N) is 1.